The Morgan fingerprint density at radius 3 is 2.25 bits per heavy atom. The van der Waals surface area contributed by atoms with Gasteiger partial charge >= 0.3 is 25.7 Å². The highest BCUT2D eigenvalue weighted by Gasteiger charge is 2.61. The molecule has 16 nitrogen and oxygen atoms in total. The number of aliphatic imine (C=N–C) groups is 1. The van der Waals surface area contributed by atoms with E-state index in [-0.39, 0.29) is 29.5 Å². The molecule has 3 heterocycles. The number of nitrogens with two attached hydrogens (primary N) is 1. The maximum absolute atomic E-state index is 15.3. The van der Waals surface area contributed by atoms with Crippen LogP contribution in [0.3, 0.4) is 0 Å². The van der Waals surface area contributed by atoms with Crippen molar-refractivity contribution in [1.82, 2.24) is 19.7 Å². The van der Waals surface area contributed by atoms with Gasteiger partial charge in [-0.2, -0.15) is 10.2 Å². The topological polar surface area (TPSA) is 204 Å². The van der Waals surface area contributed by atoms with Gasteiger partial charge in [0, 0.05) is 18.6 Å². The third-order valence-electron chi connectivity index (χ3n) is 10.7. The maximum Gasteiger partial charge on any atom is 0.459 e. The fraction of sp³-hybridized carbons (Fsp3) is 0.545. The van der Waals surface area contributed by atoms with E-state index < -0.39 is 74.1 Å². The van der Waals surface area contributed by atoms with Gasteiger partial charge in [0.1, 0.15) is 29.7 Å². The van der Waals surface area contributed by atoms with Gasteiger partial charge in [-0.25, -0.2) is 14.1 Å². The summed E-state index contributed by atoms with van der Waals surface area (Å²) in [5.41, 5.74) is 5.98. The molecule has 0 aliphatic carbocycles. The van der Waals surface area contributed by atoms with Crippen molar-refractivity contribution in [2.75, 3.05) is 26.0 Å². The molecule has 2 aromatic carbocycles. The van der Waals surface area contributed by atoms with Crippen LogP contribution in [0.1, 0.15) is 93.3 Å². The van der Waals surface area contributed by atoms with Gasteiger partial charge in [-0.15, -0.1) is 0 Å². The first kappa shape index (κ1) is 47.2. The Morgan fingerprint density at radius 1 is 0.967 bits per heavy atom. The minimum atomic E-state index is -4.59. The molecule has 1 fully saturated rings. The first-order valence-corrected chi connectivity index (χ1v) is 22.3. The number of anilines is 1. The summed E-state index contributed by atoms with van der Waals surface area (Å²) in [5.74, 6) is -2.57. The Balaban J connectivity index is 1.62. The second kappa shape index (κ2) is 19.4. The van der Waals surface area contributed by atoms with E-state index in [1.165, 1.54) is 31.0 Å². The Bertz CT molecular complexity index is 2270. The average Bonchev–Trinajstić information content (AvgIpc) is 3.77. The lowest BCUT2D eigenvalue weighted by molar-refractivity contribution is -0.172. The number of carbonyl (C=O) groups is 3. The third-order valence-corrected chi connectivity index (χ3v) is 12.3. The number of carbonyl (C=O) groups excluding carboxylic acids is 3. The zero-order valence-electron chi connectivity index (χ0n) is 37.0. The van der Waals surface area contributed by atoms with E-state index in [0.29, 0.717) is 16.6 Å². The Kier molecular flexibility index (Phi) is 15.0. The molecule has 0 radical (unpaired) electrons. The summed E-state index contributed by atoms with van der Waals surface area (Å²) in [6.45, 7) is 18.1. The van der Waals surface area contributed by atoms with Crippen molar-refractivity contribution in [3.05, 3.63) is 66.1 Å². The summed E-state index contributed by atoms with van der Waals surface area (Å²) in [6.07, 6.45) is 0.296. The monoisotopic (exact) mass is 864 g/mol. The third kappa shape index (κ3) is 10.4. The fourth-order valence-electron chi connectivity index (χ4n) is 7.13. The molecule has 3 N–H and O–H groups in total. The molecule has 1 aliphatic heterocycles. The zero-order valence-corrected chi connectivity index (χ0v) is 37.9. The predicted molar refractivity (Wildman–Crippen MR) is 232 cm³/mol. The number of aromatic nitrogens is 3. The first-order chi connectivity index (χ1) is 28.8. The highest BCUT2D eigenvalue weighted by atomic mass is 31.2. The van der Waals surface area contributed by atoms with Crippen molar-refractivity contribution in [3.63, 3.8) is 0 Å². The van der Waals surface area contributed by atoms with E-state index in [1.807, 2.05) is 44.2 Å². The van der Waals surface area contributed by atoms with Crippen LogP contribution >= 0.6 is 7.75 Å². The highest BCUT2D eigenvalue weighted by Crippen LogP contribution is 2.50. The van der Waals surface area contributed by atoms with E-state index in [0.717, 1.165) is 23.8 Å². The summed E-state index contributed by atoms with van der Waals surface area (Å²) in [4.78, 5) is 48.8. The Hall–Kier alpha value is -4.89. The number of nitrogen functional groups attached to an aromatic ring is 1. The molecule has 6 atom stereocenters. The Labute approximate surface area is 357 Å². The fourth-order valence-corrected chi connectivity index (χ4v) is 8.65. The molecule has 0 saturated carbocycles. The molecule has 332 valence electrons. The van der Waals surface area contributed by atoms with E-state index in [1.54, 1.807) is 45.9 Å². The summed E-state index contributed by atoms with van der Waals surface area (Å²) in [7, 11) is -3.08. The smallest absolute Gasteiger partial charge is 0.459 e. The molecule has 1 unspecified atom stereocenters. The first-order valence-electron chi connectivity index (χ1n) is 20.8. The van der Waals surface area contributed by atoms with Crippen LogP contribution in [0.5, 0.6) is 5.75 Å². The minimum absolute atomic E-state index is 0.151. The van der Waals surface area contributed by atoms with Crippen LogP contribution in [-0.4, -0.2) is 83.3 Å². The lowest BCUT2D eigenvalue weighted by atomic mass is 9.83. The van der Waals surface area contributed by atoms with Crippen molar-refractivity contribution in [1.29, 1.82) is 0 Å². The van der Waals surface area contributed by atoms with Gasteiger partial charge in [0.05, 0.1) is 30.7 Å². The summed E-state index contributed by atoms with van der Waals surface area (Å²) >= 11 is 0. The summed E-state index contributed by atoms with van der Waals surface area (Å²) < 4.78 is 54.2. The van der Waals surface area contributed by atoms with Crippen molar-refractivity contribution in [2.24, 2.45) is 22.7 Å². The molecule has 4 aromatic rings. The van der Waals surface area contributed by atoms with Gasteiger partial charge in [-0.05, 0) is 47.4 Å². The molecule has 61 heavy (non-hydrogen) atoms. The average molecular weight is 865 g/mol. The van der Waals surface area contributed by atoms with Gasteiger partial charge < -0.3 is 29.2 Å². The van der Waals surface area contributed by atoms with Crippen LogP contribution in [-0.2, 0) is 53.4 Å². The molecule has 2 aromatic heterocycles. The normalized spacial score (nSPS) is 21.0. The number of nitrogens with zero attached hydrogens (tertiary/aromatic N) is 4. The van der Waals surface area contributed by atoms with Crippen LogP contribution in [0.15, 0.2) is 59.9 Å². The predicted octanol–water partition coefficient (Wildman–Crippen LogP) is 7.35. The minimum Gasteiger partial charge on any atom is -0.464 e. The second-order valence-corrected chi connectivity index (χ2v) is 18.7. The highest BCUT2D eigenvalue weighted by molar-refractivity contribution is 7.52. The zero-order chi connectivity index (χ0) is 44.9. The van der Waals surface area contributed by atoms with E-state index in [4.69, 9.17) is 33.7 Å². The van der Waals surface area contributed by atoms with Gasteiger partial charge in [0.15, 0.2) is 23.6 Å². The number of hydrogen-bond acceptors (Lipinski definition) is 14. The lowest BCUT2D eigenvalue weighted by Crippen LogP contribution is -2.48. The van der Waals surface area contributed by atoms with Crippen LogP contribution in [0.4, 0.5) is 5.82 Å². The number of rotatable bonds is 18. The van der Waals surface area contributed by atoms with E-state index in [2.05, 4.69) is 40.9 Å². The lowest BCUT2D eigenvalue weighted by Gasteiger charge is -2.32. The molecule has 0 amide bonds. The number of ether oxygens (including phenoxy) is 4. The van der Waals surface area contributed by atoms with Gasteiger partial charge in [0.25, 0.3) is 0 Å². The quantitative estimate of drug-likeness (QED) is 0.0435. The molecule has 1 saturated heterocycles. The number of benzene rings is 2. The van der Waals surface area contributed by atoms with Crippen molar-refractivity contribution in [2.45, 2.75) is 117 Å². The van der Waals surface area contributed by atoms with Crippen LogP contribution < -0.4 is 15.3 Å². The standard InChI is InChI=1S/C44H61N6O10P/c1-12-29(13-2)22-55-42(53)28(7)49-61(54,60-34-20-18-32(43(8,9)10)30-16-14-15-17-31(30)34)56-23-35-37(57-40(51)26(3)4)38(58-41(52)27(5)6)44(59-35,24-46-11)36-21-19-33-39(45)47-25-48-50(33)36/h14-21,24-29,35,37-38H,12-13,22-23H2,1-11H3,(H,49,54)(H2,45,47,48)/t28-,35+,37+,38+,44-,61?/m0/s1. The van der Waals surface area contributed by atoms with E-state index in [9.17, 15) is 14.4 Å². The number of fused-ring (bicyclic) bond motifs is 2. The van der Waals surface area contributed by atoms with Gasteiger partial charge in [-0.1, -0.05) is 105 Å². The number of hydrogen-bond donors (Lipinski definition) is 2. The van der Waals surface area contributed by atoms with Crippen LogP contribution in [0, 0.1) is 17.8 Å². The van der Waals surface area contributed by atoms with Crippen molar-refractivity contribution in [3.8, 4) is 5.75 Å². The summed E-state index contributed by atoms with van der Waals surface area (Å²) in [6, 6.07) is 13.3. The van der Waals surface area contributed by atoms with Gasteiger partial charge in [-0.3, -0.25) is 23.9 Å². The second-order valence-electron chi connectivity index (χ2n) is 17.0. The molecule has 5 rings (SSSR count). The molecule has 1 aliphatic rings. The van der Waals surface area contributed by atoms with Crippen molar-refractivity contribution >= 4 is 54.0 Å². The summed E-state index contributed by atoms with van der Waals surface area (Å²) in [5, 5.41) is 8.74. The molecule has 0 bridgehead atoms. The SMILES string of the molecule is CCC(CC)COC(=O)[C@H](C)NP(=O)(OC[C@H]1O[C@@](C=NC)(c2ccc3c(N)ncnn23)[C@H](OC(=O)C(C)C)[C@@H]1OC(=O)C(C)C)Oc1ccc(C(C)(C)C)c2ccccc12. The van der Waals surface area contributed by atoms with Crippen molar-refractivity contribution < 1.29 is 46.9 Å². The molecular formula is C44H61N6O10P. The Morgan fingerprint density at radius 2 is 1.62 bits per heavy atom. The largest absolute Gasteiger partial charge is 0.464 e. The maximum atomic E-state index is 15.3. The number of esters is 3. The molecular weight excluding hydrogens is 803 g/mol. The van der Waals surface area contributed by atoms with Crippen LogP contribution in [0.25, 0.3) is 16.3 Å². The van der Waals surface area contributed by atoms with Crippen LogP contribution in [0.2, 0.25) is 0 Å². The molecule has 0 spiro atoms. The number of nitrogens with one attached hydrogen (secondary N) is 1. The molecule has 17 heteroatoms. The van der Waals surface area contributed by atoms with Gasteiger partial charge in [0.2, 0.25) is 0 Å². The van der Waals surface area contributed by atoms with E-state index >= 15 is 4.57 Å².